The number of benzene rings is 2. The van der Waals surface area contributed by atoms with E-state index in [1.807, 2.05) is 12.1 Å². The molecule has 1 aromatic heterocycles. The second-order valence-corrected chi connectivity index (χ2v) is 6.97. The van der Waals surface area contributed by atoms with Gasteiger partial charge in [-0.05, 0) is 29.7 Å². The van der Waals surface area contributed by atoms with Gasteiger partial charge in [-0.3, -0.25) is 20.4 Å². The highest BCUT2D eigenvalue weighted by molar-refractivity contribution is 7.13. The third kappa shape index (κ3) is 4.95. The summed E-state index contributed by atoms with van der Waals surface area (Å²) < 4.78 is 5.08. The lowest BCUT2D eigenvalue weighted by atomic mass is 10.1. The Balaban J connectivity index is 1.54. The molecule has 2 amide bonds. The van der Waals surface area contributed by atoms with Gasteiger partial charge < -0.3 is 4.74 Å². The van der Waals surface area contributed by atoms with E-state index in [2.05, 4.69) is 34.9 Å². The minimum absolute atomic E-state index is 0.149. The number of hydrogen-bond acceptors (Lipinski definition) is 5. The Bertz CT molecular complexity index is 950. The number of aromatic nitrogens is 1. The molecule has 0 saturated heterocycles. The van der Waals surface area contributed by atoms with E-state index in [9.17, 15) is 9.59 Å². The molecule has 0 aliphatic rings. The molecule has 144 valence electrons. The topological polar surface area (TPSA) is 80.3 Å². The lowest BCUT2D eigenvalue weighted by Gasteiger charge is -2.06. The highest BCUT2D eigenvalue weighted by Gasteiger charge is 2.13. The zero-order valence-corrected chi connectivity index (χ0v) is 16.5. The highest BCUT2D eigenvalue weighted by Crippen LogP contribution is 2.24. The molecule has 0 bridgehead atoms. The fraction of sp³-hybridized carbons (Fsp3) is 0.190. The van der Waals surface area contributed by atoms with Crippen LogP contribution < -0.4 is 15.6 Å². The van der Waals surface area contributed by atoms with Crippen molar-refractivity contribution in [1.82, 2.24) is 15.8 Å². The smallest absolute Gasteiger partial charge is 0.289 e. The first-order valence-corrected chi connectivity index (χ1v) is 9.74. The van der Waals surface area contributed by atoms with Crippen LogP contribution in [-0.2, 0) is 17.6 Å². The van der Waals surface area contributed by atoms with Gasteiger partial charge in [0.25, 0.3) is 5.91 Å². The molecule has 1 heterocycles. The summed E-state index contributed by atoms with van der Waals surface area (Å²) >= 11 is 1.39. The molecule has 0 radical (unpaired) electrons. The Morgan fingerprint density at radius 3 is 2.32 bits per heavy atom. The van der Waals surface area contributed by atoms with E-state index in [1.165, 1.54) is 16.9 Å². The maximum Gasteiger partial charge on any atom is 0.289 e. The van der Waals surface area contributed by atoms with Gasteiger partial charge in [-0.25, -0.2) is 4.98 Å². The lowest BCUT2D eigenvalue weighted by Crippen LogP contribution is -2.42. The number of hydrazine groups is 1. The van der Waals surface area contributed by atoms with Crippen molar-refractivity contribution in [2.75, 3.05) is 7.11 Å². The number of rotatable bonds is 6. The Hall–Kier alpha value is -3.19. The van der Waals surface area contributed by atoms with Crippen LogP contribution in [0.5, 0.6) is 5.75 Å². The van der Waals surface area contributed by atoms with Crippen molar-refractivity contribution in [3.63, 3.8) is 0 Å². The van der Waals surface area contributed by atoms with Gasteiger partial charge in [0, 0.05) is 10.9 Å². The summed E-state index contributed by atoms with van der Waals surface area (Å²) in [4.78, 5) is 28.6. The monoisotopic (exact) mass is 395 g/mol. The summed E-state index contributed by atoms with van der Waals surface area (Å²) in [6, 6.07) is 15.3. The predicted molar refractivity (Wildman–Crippen MR) is 109 cm³/mol. The van der Waals surface area contributed by atoms with Gasteiger partial charge in [0.1, 0.15) is 16.5 Å². The number of thiazole rings is 1. The second-order valence-electron chi connectivity index (χ2n) is 6.12. The number of ether oxygens (including phenoxy) is 1. The van der Waals surface area contributed by atoms with E-state index in [-0.39, 0.29) is 18.0 Å². The van der Waals surface area contributed by atoms with Crippen LogP contribution in [0, 0.1) is 0 Å². The zero-order valence-electron chi connectivity index (χ0n) is 15.7. The maximum atomic E-state index is 12.2. The van der Waals surface area contributed by atoms with Crippen LogP contribution >= 0.6 is 11.3 Å². The first kappa shape index (κ1) is 19.6. The fourth-order valence-electron chi connectivity index (χ4n) is 2.56. The third-order valence-electron chi connectivity index (χ3n) is 4.19. The minimum Gasteiger partial charge on any atom is -0.497 e. The molecular formula is C21H21N3O3S. The molecule has 28 heavy (non-hydrogen) atoms. The summed E-state index contributed by atoms with van der Waals surface area (Å²) in [5.41, 5.74) is 8.12. The van der Waals surface area contributed by atoms with Crippen LogP contribution in [0.2, 0.25) is 0 Å². The van der Waals surface area contributed by atoms with Crippen molar-refractivity contribution >= 4 is 23.2 Å². The molecule has 0 saturated carbocycles. The number of amides is 2. The van der Waals surface area contributed by atoms with E-state index in [0.29, 0.717) is 0 Å². The Morgan fingerprint density at radius 1 is 1.00 bits per heavy atom. The van der Waals surface area contributed by atoms with Crippen LogP contribution in [-0.4, -0.2) is 23.9 Å². The van der Waals surface area contributed by atoms with Crippen molar-refractivity contribution < 1.29 is 14.3 Å². The number of nitrogens with zero attached hydrogens (tertiary/aromatic N) is 1. The molecule has 0 unspecified atom stereocenters. The van der Waals surface area contributed by atoms with E-state index in [0.717, 1.165) is 28.3 Å². The van der Waals surface area contributed by atoms with Crippen LogP contribution in [0.4, 0.5) is 0 Å². The Labute approximate surface area is 167 Å². The fourth-order valence-corrected chi connectivity index (χ4v) is 3.36. The van der Waals surface area contributed by atoms with Crippen molar-refractivity contribution in [2.24, 2.45) is 0 Å². The minimum atomic E-state index is -0.448. The lowest BCUT2D eigenvalue weighted by molar-refractivity contribution is -0.121. The van der Waals surface area contributed by atoms with Gasteiger partial charge in [-0.2, -0.15) is 0 Å². The van der Waals surface area contributed by atoms with E-state index >= 15 is 0 Å². The largest absolute Gasteiger partial charge is 0.497 e. The molecule has 3 aromatic rings. The van der Waals surface area contributed by atoms with Crippen LogP contribution in [0.25, 0.3) is 10.6 Å². The van der Waals surface area contributed by atoms with Crippen LogP contribution in [0.15, 0.2) is 53.9 Å². The maximum absolute atomic E-state index is 12.2. The predicted octanol–water partition coefficient (Wildman–Crippen LogP) is 3.38. The summed E-state index contributed by atoms with van der Waals surface area (Å²) in [6.07, 6.45) is 1.12. The van der Waals surface area contributed by atoms with Crippen molar-refractivity contribution in [2.45, 2.75) is 19.8 Å². The third-order valence-corrected chi connectivity index (χ3v) is 5.08. The van der Waals surface area contributed by atoms with Gasteiger partial charge in [0.15, 0.2) is 0 Å². The van der Waals surface area contributed by atoms with Gasteiger partial charge in [-0.15, -0.1) is 11.3 Å². The van der Waals surface area contributed by atoms with Crippen LogP contribution in [0.1, 0.15) is 28.5 Å². The highest BCUT2D eigenvalue weighted by atomic mass is 32.1. The second kappa shape index (κ2) is 9.14. The number of hydrogen-bond donors (Lipinski definition) is 2. The summed E-state index contributed by atoms with van der Waals surface area (Å²) in [5.74, 6) is -0.0407. The van der Waals surface area contributed by atoms with Gasteiger partial charge in [0.05, 0.1) is 13.5 Å². The number of nitrogens with one attached hydrogen (secondary N) is 2. The number of carbonyl (C=O) groups is 2. The number of methoxy groups -OCH3 is 1. The average molecular weight is 395 g/mol. The molecule has 7 heteroatoms. The molecule has 0 spiro atoms. The normalized spacial score (nSPS) is 10.4. The van der Waals surface area contributed by atoms with E-state index in [1.54, 1.807) is 36.8 Å². The average Bonchev–Trinajstić information content (AvgIpc) is 3.23. The molecule has 3 rings (SSSR count). The first-order chi connectivity index (χ1) is 13.6. The molecule has 0 fully saturated rings. The molecule has 0 aliphatic carbocycles. The van der Waals surface area contributed by atoms with Gasteiger partial charge in [-0.1, -0.05) is 43.3 Å². The first-order valence-electron chi connectivity index (χ1n) is 8.86. The molecule has 0 atom stereocenters. The molecule has 6 nitrogen and oxygen atoms in total. The molecule has 2 aromatic carbocycles. The summed E-state index contributed by atoms with van der Waals surface area (Å²) in [7, 11) is 1.58. The molecule has 2 N–H and O–H groups in total. The quantitative estimate of drug-likeness (QED) is 0.627. The van der Waals surface area contributed by atoms with E-state index in [4.69, 9.17) is 4.74 Å². The Kier molecular flexibility index (Phi) is 6.39. The van der Waals surface area contributed by atoms with Gasteiger partial charge in [0.2, 0.25) is 5.91 Å². The van der Waals surface area contributed by atoms with Crippen molar-refractivity contribution in [3.05, 3.63) is 70.7 Å². The van der Waals surface area contributed by atoms with E-state index < -0.39 is 5.91 Å². The number of aryl methyl sites for hydroxylation is 1. The Morgan fingerprint density at radius 2 is 1.68 bits per heavy atom. The van der Waals surface area contributed by atoms with Crippen LogP contribution in [0.3, 0.4) is 0 Å². The summed E-state index contributed by atoms with van der Waals surface area (Å²) in [5, 5.41) is 2.44. The van der Waals surface area contributed by atoms with Crippen molar-refractivity contribution in [3.8, 4) is 16.3 Å². The zero-order chi connectivity index (χ0) is 19.9. The SMILES string of the molecule is CCc1ccc(-c2nc(C(=O)NNC(=O)Cc3ccc(OC)cc3)cs2)cc1. The standard InChI is InChI=1S/C21H21N3O3S/c1-3-14-4-8-16(9-5-14)21-22-18(13-28-21)20(26)24-23-19(25)12-15-6-10-17(27-2)11-7-15/h4-11,13H,3,12H2,1-2H3,(H,23,25)(H,24,26). The molecular weight excluding hydrogens is 374 g/mol. The van der Waals surface area contributed by atoms with Gasteiger partial charge >= 0.3 is 0 Å². The summed E-state index contributed by atoms with van der Waals surface area (Å²) in [6.45, 7) is 2.10. The van der Waals surface area contributed by atoms with Crippen molar-refractivity contribution in [1.29, 1.82) is 0 Å². The molecule has 0 aliphatic heterocycles. The number of carbonyl (C=O) groups excluding carboxylic acids is 2.